The summed E-state index contributed by atoms with van der Waals surface area (Å²) in [7, 11) is 0. The Morgan fingerprint density at radius 1 is 1.40 bits per heavy atom. The highest BCUT2D eigenvalue weighted by atomic mass is 79.9. The van der Waals surface area contributed by atoms with E-state index in [2.05, 4.69) is 21.2 Å². The second-order valence-electron chi connectivity index (χ2n) is 5.02. The van der Waals surface area contributed by atoms with Crippen LogP contribution in [-0.4, -0.2) is 25.7 Å². The zero-order valence-corrected chi connectivity index (χ0v) is 12.9. The molecule has 0 saturated carbocycles. The van der Waals surface area contributed by atoms with E-state index in [0.717, 1.165) is 25.5 Å². The van der Waals surface area contributed by atoms with Gasteiger partial charge in [0.2, 0.25) is 0 Å². The van der Waals surface area contributed by atoms with Crippen molar-refractivity contribution < 1.29 is 13.2 Å². The molecule has 0 radical (unpaired) electrons. The third-order valence-corrected chi connectivity index (χ3v) is 4.07. The summed E-state index contributed by atoms with van der Waals surface area (Å²) in [5.74, 6) is 0. The van der Waals surface area contributed by atoms with Crippen molar-refractivity contribution in [1.29, 1.82) is 0 Å². The molecule has 0 aromatic heterocycles. The summed E-state index contributed by atoms with van der Waals surface area (Å²) in [5.41, 5.74) is -0.286. The number of rotatable bonds is 2. The molecule has 1 fully saturated rings. The van der Waals surface area contributed by atoms with Gasteiger partial charge in [0.25, 0.3) is 0 Å². The molecular formula is C14H18BrF3N2. The molecule has 0 bridgehead atoms. The number of nitrogens with zero attached hydrogens (tertiary/aromatic N) is 1. The molecule has 6 heteroatoms. The Kier molecular flexibility index (Phi) is 4.96. The van der Waals surface area contributed by atoms with Gasteiger partial charge in [-0.15, -0.1) is 0 Å². The summed E-state index contributed by atoms with van der Waals surface area (Å²) < 4.78 is 40.1. The molecule has 1 aromatic carbocycles. The maximum atomic E-state index is 13.2. The number of anilines is 1. The molecule has 1 unspecified atom stereocenters. The Balaban J connectivity index is 2.35. The highest BCUT2D eigenvalue weighted by Gasteiger charge is 2.35. The van der Waals surface area contributed by atoms with Crippen molar-refractivity contribution in [3.63, 3.8) is 0 Å². The van der Waals surface area contributed by atoms with Crippen LogP contribution in [0.4, 0.5) is 18.9 Å². The molecule has 1 aromatic rings. The van der Waals surface area contributed by atoms with Crippen molar-refractivity contribution in [2.24, 2.45) is 0 Å². The normalized spacial score (nSPS) is 20.9. The van der Waals surface area contributed by atoms with Crippen molar-refractivity contribution in [3.05, 3.63) is 28.2 Å². The first-order chi connectivity index (χ1) is 9.41. The SMILES string of the molecule is CCC1CN(c2ccc(Br)cc2C(F)(F)F)CCCN1. The Hall–Kier alpha value is -0.750. The van der Waals surface area contributed by atoms with E-state index < -0.39 is 11.7 Å². The number of halogens is 4. The zero-order chi connectivity index (χ0) is 14.8. The summed E-state index contributed by atoms with van der Waals surface area (Å²) >= 11 is 3.12. The lowest BCUT2D eigenvalue weighted by Crippen LogP contribution is -2.37. The molecule has 1 aliphatic heterocycles. The topological polar surface area (TPSA) is 15.3 Å². The van der Waals surface area contributed by atoms with Crippen LogP contribution in [0.2, 0.25) is 0 Å². The minimum atomic E-state index is -4.33. The third kappa shape index (κ3) is 3.67. The van der Waals surface area contributed by atoms with Gasteiger partial charge in [0.05, 0.1) is 5.56 Å². The predicted octanol–water partition coefficient (Wildman–Crippen LogP) is 4.05. The number of hydrogen-bond donors (Lipinski definition) is 1. The smallest absolute Gasteiger partial charge is 0.369 e. The molecule has 112 valence electrons. The van der Waals surface area contributed by atoms with E-state index in [1.54, 1.807) is 12.1 Å². The Bertz CT molecular complexity index is 462. The van der Waals surface area contributed by atoms with Crippen LogP contribution in [0.5, 0.6) is 0 Å². The highest BCUT2D eigenvalue weighted by molar-refractivity contribution is 9.10. The van der Waals surface area contributed by atoms with Crippen LogP contribution in [-0.2, 0) is 6.18 Å². The van der Waals surface area contributed by atoms with Gasteiger partial charge in [0, 0.05) is 29.3 Å². The van der Waals surface area contributed by atoms with Crippen LogP contribution in [0, 0.1) is 0 Å². The van der Waals surface area contributed by atoms with Crippen LogP contribution in [0.15, 0.2) is 22.7 Å². The molecule has 1 saturated heterocycles. The van der Waals surface area contributed by atoms with Crippen LogP contribution in [0.25, 0.3) is 0 Å². The van der Waals surface area contributed by atoms with Gasteiger partial charge in [-0.2, -0.15) is 13.2 Å². The summed E-state index contributed by atoms with van der Waals surface area (Å²) in [6.07, 6.45) is -2.57. The second-order valence-corrected chi connectivity index (χ2v) is 5.93. The Morgan fingerprint density at radius 2 is 2.15 bits per heavy atom. The number of hydrogen-bond acceptors (Lipinski definition) is 2. The molecule has 0 spiro atoms. The quantitative estimate of drug-likeness (QED) is 0.865. The average molecular weight is 351 g/mol. The standard InChI is InChI=1S/C14H18BrF3N2/c1-2-11-9-20(7-3-6-19-11)13-5-4-10(15)8-12(13)14(16,17)18/h4-5,8,11,19H,2-3,6-7,9H2,1H3. The van der Waals surface area contributed by atoms with E-state index in [4.69, 9.17) is 0 Å². The van der Waals surface area contributed by atoms with Gasteiger partial charge in [0.15, 0.2) is 0 Å². The van der Waals surface area contributed by atoms with Crippen LogP contribution in [0.1, 0.15) is 25.3 Å². The van der Waals surface area contributed by atoms with Gasteiger partial charge < -0.3 is 10.2 Å². The molecule has 0 amide bonds. The summed E-state index contributed by atoms with van der Waals surface area (Å²) in [6.45, 7) is 4.16. The van der Waals surface area contributed by atoms with E-state index in [0.29, 0.717) is 17.6 Å². The first-order valence-electron chi connectivity index (χ1n) is 6.77. The summed E-state index contributed by atoms with van der Waals surface area (Å²) in [5, 5.41) is 3.37. The highest BCUT2D eigenvalue weighted by Crippen LogP contribution is 2.38. The van der Waals surface area contributed by atoms with Gasteiger partial charge in [-0.3, -0.25) is 0 Å². The van der Waals surface area contributed by atoms with Gasteiger partial charge in [-0.1, -0.05) is 22.9 Å². The van der Waals surface area contributed by atoms with Crippen molar-refractivity contribution in [3.8, 4) is 0 Å². The lowest BCUT2D eigenvalue weighted by atomic mass is 10.1. The fourth-order valence-electron chi connectivity index (χ4n) is 2.50. The van der Waals surface area contributed by atoms with Crippen molar-refractivity contribution in [1.82, 2.24) is 5.32 Å². The van der Waals surface area contributed by atoms with E-state index in [-0.39, 0.29) is 11.7 Å². The van der Waals surface area contributed by atoms with Crippen LogP contribution < -0.4 is 10.2 Å². The van der Waals surface area contributed by atoms with E-state index in [1.165, 1.54) is 0 Å². The van der Waals surface area contributed by atoms with Crippen molar-refractivity contribution in [2.75, 3.05) is 24.5 Å². The Labute approximate surface area is 125 Å². The first-order valence-corrected chi connectivity index (χ1v) is 7.56. The van der Waals surface area contributed by atoms with Gasteiger partial charge in [0.1, 0.15) is 0 Å². The molecule has 1 heterocycles. The van der Waals surface area contributed by atoms with Crippen LogP contribution in [0.3, 0.4) is 0 Å². The lowest BCUT2D eigenvalue weighted by molar-refractivity contribution is -0.137. The predicted molar refractivity (Wildman–Crippen MR) is 78.1 cm³/mol. The number of benzene rings is 1. The van der Waals surface area contributed by atoms with Gasteiger partial charge in [-0.25, -0.2) is 0 Å². The van der Waals surface area contributed by atoms with E-state index in [1.807, 2.05) is 11.8 Å². The largest absolute Gasteiger partial charge is 0.418 e. The number of alkyl halides is 3. The fourth-order valence-corrected chi connectivity index (χ4v) is 2.86. The molecule has 1 aliphatic rings. The van der Waals surface area contributed by atoms with Crippen molar-refractivity contribution >= 4 is 21.6 Å². The summed E-state index contributed by atoms with van der Waals surface area (Å²) in [6, 6.07) is 4.63. The van der Waals surface area contributed by atoms with Gasteiger partial charge >= 0.3 is 6.18 Å². The monoisotopic (exact) mass is 350 g/mol. The lowest BCUT2D eigenvalue weighted by Gasteiger charge is -2.28. The molecule has 2 nitrogen and oxygen atoms in total. The molecule has 0 aliphatic carbocycles. The summed E-state index contributed by atoms with van der Waals surface area (Å²) in [4.78, 5) is 1.85. The average Bonchev–Trinajstić information content (AvgIpc) is 2.63. The first kappa shape index (κ1) is 15.6. The molecular weight excluding hydrogens is 333 g/mol. The minimum absolute atomic E-state index is 0.238. The maximum absolute atomic E-state index is 13.2. The van der Waals surface area contributed by atoms with Crippen molar-refractivity contribution in [2.45, 2.75) is 32.0 Å². The fraction of sp³-hybridized carbons (Fsp3) is 0.571. The van der Waals surface area contributed by atoms with Gasteiger partial charge in [-0.05, 0) is 37.6 Å². The van der Waals surface area contributed by atoms with Crippen LogP contribution >= 0.6 is 15.9 Å². The minimum Gasteiger partial charge on any atom is -0.369 e. The zero-order valence-electron chi connectivity index (χ0n) is 11.3. The molecule has 2 rings (SSSR count). The second kappa shape index (κ2) is 6.35. The van der Waals surface area contributed by atoms with E-state index in [9.17, 15) is 13.2 Å². The molecule has 1 atom stereocenters. The molecule has 20 heavy (non-hydrogen) atoms. The number of nitrogens with one attached hydrogen (secondary N) is 1. The Morgan fingerprint density at radius 3 is 2.80 bits per heavy atom. The third-order valence-electron chi connectivity index (χ3n) is 3.58. The maximum Gasteiger partial charge on any atom is 0.418 e. The van der Waals surface area contributed by atoms with E-state index >= 15 is 0 Å². The molecule has 1 N–H and O–H groups in total.